The minimum absolute atomic E-state index is 0.00655. The predicted molar refractivity (Wildman–Crippen MR) is 200 cm³/mol. The SMILES string of the molecule is C=C(C)[C@@H]1CC[C@]2(CONCCN(CCO)CCO)CC[C@]3(C)C(CCC4[C@@]5(C)CC=C(c6ccc(C(=O)O)cc6)C(C)(C)C5CC[C@]43C)C12. The maximum absolute atomic E-state index is 11.6. The first-order valence-electron chi connectivity index (χ1n) is 19.7. The van der Waals surface area contributed by atoms with Crippen molar-refractivity contribution in [2.24, 2.45) is 56.7 Å². The minimum Gasteiger partial charge on any atom is -0.478 e. The molecule has 5 aliphatic carbocycles. The van der Waals surface area contributed by atoms with E-state index in [1.165, 1.54) is 68.1 Å². The van der Waals surface area contributed by atoms with E-state index in [0.717, 1.165) is 19.6 Å². The van der Waals surface area contributed by atoms with Gasteiger partial charge in [0.2, 0.25) is 0 Å². The molecule has 7 nitrogen and oxygen atoms in total. The molecule has 4 saturated carbocycles. The molecular weight excluding hydrogens is 624 g/mol. The van der Waals surface area contributed by atoms with Crippen LogP contribution in [-0.2, 0) is 4.84 Å². The number of carboxylic acid groups (broad SMARTS) is 1. The largest absolute Gasteiger partial charge is 0.478 e. The second kappa shape index (κ2) is 14.1. The van der Waals surface area contributed by atoms with Crippen LogP contribution < -0.4 is 5.48 Å². The van der Waals surface area contributed by atoms with E-state index < -0.39 is 5.97 Å². The van der Waals surface area contributed by atoms with Gasteiger partial charge in [-0.25, -0.2) is 10.3 Å². The number of aliphatic hydroxyl groups is 2. The van der Waals surface area contributed by atoms with Crippen molar-refractivity contribution in [3.63, 3.8) is 0 Å². The van der Waals surface area contributed by atoms with Crippen LogP contribution in [0.15, 0.2) is 42.5 Å². The molecule has 4 N–H and O–H groups in total. The van der Waals surface area contributed by atoms with Gasteiger partial charge in [-0.15, -0.1) is 0 Å². The molecule has 0 saturated heterocycles. The van der Waals surface area contributed by atoms with Gasteiger partial charge in [0, 0.05) is 26.2 Å². The summed E-state index contributed by atoms with van der Waals surface area (Å²) in [5, 5.41) is 28.2. The molecule has 50 heavy (non-hydrogen) atoms. The van der Waals surface area contributed by atoms with Gasteiger partial charge in [-0.3, -0.25) is 4.90 Å². The highest BCUT2D eigenvalue weighted by molar-refractivity contribution is 5.88. The van der Waals surface area contributed by atoms with Gasteiger partial charge in [0.25, 0.3) is 0 Å². The number of hydrogen-bond acceptors (Lipinski definition) is 6. The Bertz CT molecular complexity index is 1430. The molecule has 9 atom stereocenters. The van der Waals surface area contributed by atoms with Gasteiger partial charge >= 0.3 is 5.97 Å². The minimum atomic E-state index is -0.871. The summed E-state index contributed by atoms with van der Waals surface area (Å²) in [6.45, 7) is 23.2. The van der Waals surface area contributed by atoms with E-state index in [1.54, 1.807) is 12.1 Å². The second-order valence-electron chi connectivity index (χ2n) is 18.4. The molecule has 7 heteroatoms. The number of carboxylic acids is 1. The number of rotatable bonds is 13. The molecule has 0 aromatic heterocycles. The Morgan fingerprint density at radius 2 is 1.60 bits per heavy atom. The first-order valence-corrected chi connectivity index (χ1v) is 19.7. The maximum atomic E-state index is 11.6. The summed E-state index contributed by atoms with van der Waals surface area (Å²) >= 11 is 0. The summed E-state index contributed by atoms with van der Waals surface area (Å²) in [4.78, 5) is 20.0. The molecule has 0 bridgehead atoms. The Morgan fingerprint density at radius 1 is 0.900 bits per heavy atom. The molecule has 0 radical (unpaired) electrons. The lowest BCUT2D eigenvalue weighted by atomic mass is 9.32. The van der Waals surface area contributed by atoms with Gasteiger partial charge in [-0.05, 0) is 145 Å². The highest BCUT2D eigenvalue weighted by atomic mass is 16.6. The van der Waals surface area contributed by atoms with E-state index in [2.05, 4.69) is 64.6 Å². The van der Waals surface area contributed by atoms with Crippen molar-refractivity contribution in [3.8, 4) is 0 Å². The fourth-order valence-corrected chi connectivity index (χ4v) is 13.5. The number of hydroxylamine groups is 1. The van der Waals surface area contributed by atoms with E-state index in [1.807, 2.05) is 12.1 Å². The number of aromatic carboxylic acids is 1. The van der Waals surface area contributed by atoms with Gasteiger partial charge in [0.15, 0.2) is 0 Å². The smallest absolute Gasteiger partial charge is 0.335 e. The number of nitrogens with zero attached hydrogens (tertiary/aromatic N) is 1. The Labute approximate surface area is 301 Å². The molecule has 6 rings (SSSR count). The van der Waals surface area contributed by atoms with Crippen LogP contribution in [-0.4, -0.2) is 72.2 Å². The molecule has 0 aliphatic heterocycles. The number of fused-ring (bicyclic) bond motifs is 7. The molecule has 0 amide bonds. The van der Waals surface area contributed by atoms with Gasteiger partial charge in [0.05, 0.1) is 25.4 Å². The predicted octanol–water partition coefficient (Wildman–Crippen LogP) is 7.84. The zero-order valence-corrected chi connectivity index (χ0v) is 31.9. The molecule has 1 aromatic carbocycles. The Morgan fingerprint density at radius 3 is 2.24 bits per heavy atom. The second-order valence-corrected chi connectivity index (χ2v) is 18.4. The van der Waals surface area contributed by atoms with E-state index in [-0.39, 0.29) is 40.3 Å². The van der Waals surface area contributed by atoms with Gasteiger partial charge in [-0.1, -0.05) is 65.0 Å². The van der Waals surface area contributed by atoms with Crippen LogP contribution in [0, 0.1) is 56.7 Å². The average Bonchev–Trinajstić information content (AvgIpc) is 3.45. The zero-order valence-electron chi connectivity index (χ0n) is 31.9. The van der Waals surface area contributed by atoms with Crippen LogP contribution in [0.25, 0.3) is 5.57 Å². The number of carbonyl (C=O) groups is 1. The summed E-state index contributed by atoms with van der Waals surface area (Å²) in [5.74, 6) is 2.17. The summed E-state index contributed by atoms with van der Waals surface area (Å²) in [6, 6.07) is 7.57. The van der Waals surface area contributed by atoms with Crippen LogP contribution >= 0.6 is 0 Å². The number of aliphatic hydroxyl groups excluding tert-OH is 2. The summed E-state index contributed by atoms with van der Waals surface area (Å²) in [6.07, 6.45) is 13.6. The lowest BCUT2D eigenvalue weighted by Gasteiger charge is -2.72. The Hall–Kier alpha value is -2.03. The van der Waals surface area contributed by atoms with Crippen LogP contribution in [0.1, 0.15) is 115 Å². The highest BCUT2D eigenvalue weighted by Crippen LogP contribution is 2.77. The van der Waals surface area contributed by atoms with Crippen molar-refractivity contribution in [1.82, 2.24) is 10.4 Å². The van der Waals surface area contributed by atoms with E-state index in [0.29, 0.717) is 54.8 Å². The third-order valence-electron chi connectivity index (χ3n) is 16.1. The van der Waals surface area contributed by atoms with Crippen molar-refractivity contribution in [2.45, 2.75) is 99.3 Å². The van der Waals surface area contributed by atoms with Gasteiger partial charge < -0.3 is 20.2 Å². The van der Waals surface area contributed by atoms with Crippen molar-refractivity contribution in [2.75, 3.05) is 46.0 Å². The quantitative estimate of drug-likeness (QED) is 0.0951. The Balaban J connectivity index is 1.23. The summed E-state index contributed by atoms with van der Waals surface area (Å²) in [5.41, 5.74) is 8.46. The van der Waals surface area contributed by atoms with Crippen molar-refractivity contribution in [1.29, 1.82) is 0 Å². The molecule has 0 heterocycles. The third kappa shape index (κ3) is 6.05. The number of allylic oxidation sites excluding steroid dienone is 3. The van der Waals surface area contributed by atoms with Gasteiger partial charge in [-0.2, -0.15) is 0 Å². The molecule has 4 fully saturated rings. The average molecular weight is 691 g/mol. The fraction of sp³-hybridized carbons (Fsp3) is 0.744. The first-order chi connectivity index (χ1) is 23.7. The standard InChI is InChI=1S/C43H66N2O5/c1-29(2)32-14-19-43(28-50-44-22-23-45(24-26-46)25-27-47)21-20-41(6)34(37(32)43)12-13-36-40(5)17-15-33(30-8-10-31(11-9-30)38(48)49)39(3,4)35(40)16-18-42(36,41)7/h8-11,15,32,34-37,44,46-47H,1,12-14,16-28H2,2-7H3,(H,48,49)/t32-,34?,35?,36?,37?,40-,41+,42+,43+/m0/s1. The highest BCUT2D eigenvalue weighted by Gasteiger charge is 2.70. The third-order valence-corrected chi connectivity index (χ3v) is 16.1. The van der Waals surface area contributed by atoms with Crippen LogP contribution in [0.4, 0.5) is 0 Å². The van der Waals surface area contributed by atoms with E-state index >= 15 is 0 Å². The fourth-order valence-electron chi connectivity index (χ4n) is 13.5. The van der Waals surface area contributed by atoms with Crippen LogP contribution in [0.3, 0.4) is 0 Å². The number of benzene rings is 1. The van der Waals surface area contributed by atoms with Crippen LogP contribution in [0.2, 0.25) is 0 Å². The zero-order chi connectivity index (χ0) is 36.1. The van der Waals surface area contributed by atoms with Gasteiger partial charge in [0.1, 0.15) is 0 Å². The lowest BCUT2D eigenvalue weighted by Crippen LogP contribution is -2.65. The van der Waals surface area contributed by atoms with E-state index in [9.17, 15) is 20.1 Å². The molecule has 0 spiro atoms. The molecule has 4 unspecified atom stereocenters. The maximum Gasteiger partial charge on any atom is 0.335 e. The summed E-state index contributed by atoms with van der Waals surface area (Å²) in [7, 11) is 0. The lowest BCUT2D eigenvalue weighted by molar-refractivity contribution is -0.231. The molecule has 278 valence electrons. The first kappa shape index (κ1) is 37.7. The molecule has 1 aromatic rings. The van der Waals surface area contributed by atoms with Crippen molar-refractivity contribution < 1.29 is 25.0 Å². The monoisotopic (exact) mass is 690 g/mol. The number of hydrogen-bond donors (Lipinski definition) is 4. The normalized spacial score (nSPS) is 38.8. The Kier molecular flexibility index (Phi) is 10.6. The molecule has 5 aliphatic rings. The van der Waals surface area contributed by atoms with E-state index in [4.69, 9.17) is 4.84 Å². The van der Waals surface area contributed by atoms with Crippen molar-refractivity contribution >= 4 is 11.5 Å². The van der Waals surface area contributed by atoms with Crippen molar-refractivity contribution in [3.05, 3.63) is 53.6 Å². The topological polar surface area (TPSA) is 102 Å². The van der Waals surface area contributed by atoms with Crippen LogP contribution in [0.5, 0.6) is 0 Å². The number of nitrogens with one attached hydrogen (secondary N) is 1. The summed E-state index contributed by atoms with van der Waals surface area (Å²) < 4.78 is 0. The molecular formula is C43H66N2O5.